The van der Waals surface area contributed by atoms with E-state index >= 15 is 0 Å². The first kappa shape index (κ1) is 23.3. The molecule has 34 heavy (non-hydrogen) atoms. The van der Waals surface area contributed by atoms with Gasteiger partial charge in [-0.05, 0) is 61.6 Å². The van der Waals surface area contributed by atoms with Crippen molar-refractivity contribution >= 4 is 35.2 Å². The highest BCUT2D eigenvalue weighted by molar-refractivity contribution is 6.30. The molecule has 2 amide bonds. The lowest BCUT2D eigenvalue weighted by Gasteiger charge is -2.47. The second-order valence-electron chi connectivity index (χ2n) is 9.19. The van der Waals surface area contributed by atoms with Gasteiger partial charge in [-0.15, -0.1) is 0 Å². The Morgan fingerprint density at radius 3 is 2.56 bits per heavy atom. The van der Waals surface area contributed by atoms with Crippen molar-refractivity contribution in [2.75, 3.05) is 13.1 Å². The molecule has 0 radical (unpaired) electrons. The summed E-state index contributed by atoms with van der Waals surface area (Å²) in [4.78, 5) is 27.3. The number of nitrogens with zero attached hydrogens (tertiary/aromatic N) is 1. The van der Waals surface area contributed by atoms with Crippen LogP contribution in [0.2, 0.25) is 10.0 Å². The van der Waals surface area contributed by atoms with Gasteiger partial charge >= 0.3 is 6.09 Å². The fourth-order valence-electron chi connectivity index (χ4n) is 5.05. The topological polar surface area (TPSA) is 88.1 Å². The molecule has 0 bridgehead atoms. The summed E-state index contributed by atoms with van der Waals surface area (Å²) < 4.78 is 11.5. The number of aliphatic hydroxyl groups excluding tert-OH is 1. The zero-order valence-corrected chi connectivity index (χ0v) is 20.0. The van der Waals surface area contributed by atoms with E-state index in [9.17, 15) is 14.7 Å². The van der Waals surface area contributed by atoms with Gasteiger partial charge in [0, 0.05) is 34.1 Å². The van der Waals surface area contributed by atoms with Crippen LogP contribution in [0.25, 0.3) is 0 Å². The number of hydrogen-bond donors (Lipinski definition) is 2. The zero-order chi connectivity index (χ0) is 23.9. The van der Waals surface area contributed by atoms with Crippen LogP contribution in [-0.4, -0.2) is 46.7 Å². The minimum Gasteiger partial charge on any atom is -0.480 e. The van der Waals surface area contributed by atoms with E-state index in [1.165, 1.54) is 0 Å². The number of fused-ring (bicyclic) bond motifs is 1. The molecule has 0 aromatic heterocycles. The van der Waals surface area contributed by atoms with E-state index in [2.05, 4.69) is 5.32 Å². The minimum atomic E-state index is -0.819. The highest BCUT2D eigenvalue weighted by Gasteiger charge is 2.49. The molecule has 5 rings (SSSR count). The molecule has 3 atom stereocenters. The number of aliphatic hydroxyl groups is 1. The standard InChI is InChI=1S/C25H26Cl2N2O5/c26-16-4-2-15(3-5-16)22-14-29(24(32)34-22)25(8-1-9-25)10-11-28-23(31)21-13-19(30)18-12-17(27)6-7-20(18)33-21/h2-7,12,19,21-22,30H,1,8-11,13-14H2,(H,28,31)/t19-,21-,22?/m1/s1. The van der Waals surface area contributed by atoms with E-state index in [-0.39, 0.29) is 30.1 Å². The SMILES string of the molecule is O=C(NCCC1(N2CC(c3ccc(Cl)cc3)OC2=O)CCC1)[C@H]1C[C@@H](O)c2cc(Cl)ccc2O1. The van der Waals surface area contributed by atoms with Gasteiger partial charge in [-0.3, -0.25) is 9.69 Å². The molecule has 1 aliphatic carbocycles. The Hall–Kier alpha value is -2.48. The van der Waals surface area contributed by atoms with E-state index in [4.69, 9.17) is 32.7 Å². The Balaban J connectivity index is 1.18. The molecule has 2 aromatic rings. The molecule has 9 heteroatoms. The van der Waals surface area contributed by atoms with Crippen LogP contribution in [0.15, 0.2) is 42.5 Å². The molecule has 0 spiro atoms. The molecule has 3 aliphatic rings. The lowest BCUT2D eigenvalue weighted by molar-refractivity contribution is -0.130. The normalized spacial score (nSPS) is 25.1. The Morgan fingerprint density at radius 1 is 1.12 bits per heavy atom. The van der Waals surface area contributed by atoms with Crippen molar-refractivity contribution in [1.29, 1.82) is 0 Å². The van der Waals surface area contributed by atoms with Gasteiger partial charge in [-0.2, -0.15) is 0 Å². The fourth-order valence-corrected chi connectivity index (χ4v) is 5.36. The van der Waals surface area contributed by atoms with Crippen LogP contribution in [0, 0.1) is 0 Å². The second kappa shape index (κ2) is 9.29. The number of carbonyl (C=O) groups excluding carboxylic acids is 2. The van der Waals surface area contributed by atoms with Gasteiger partial charge in [0.1, 0.15) is 11.9 Å². The monoisotopic (exact) mass is 504 g/mol. The molecule has 2 N–H and O–H groups in total. The Labute approximate surface area is 207 Å². The summed E-state index contributed by atoms with van der Waals surface area (Å²) in [5.74, 6) is 0.184. The summed E-state index contributed by atoms with van der Waals surface area (Å²) in [6.07, 6.45) is 1.31. The van der Waals surface area contributed by atoms with Gasteiger partial charge in [0.15, 0.2) is 6.10 Å². The number of amides is 2. The molecular formula is C25H26Cl2N2O5. The second-order valence-corrected chi connectivity index (χ2v) is 10.1. The van der Waals surface area contributed by atoms with Crippen molar-refractivity contribution in [2.45, 2.75) is 56.0 Å². The maximum Gasteiger partial charge on any atom is 0.411 e. The van der Waals surface area contributed by atoms with Gasteiger partial charge in [-0.25, -0.2) is 4.79 Å². The summed E-state index contributed by atoms with van der Waals surface area (Å²) in [5.41, 5.74) is 1.19. The van der Waals surface area contributed by atoms with E-state index in [1.54, 1.807) is 30.3 Å². The number of cyclic esters (lactones) is 1. The molecule has 2 heterocycles. The number of ether oxygens (including phenoxy) is 2. The van der Waals surface area contributed by atoms with Gasteiger partial charge in [-0.1, -0.05) is 35.3 Å². The van der Waals surface area contributed by atoms with Crippen molar-refractivity contribution in [3.8, 4) is 5.75 Å². The summed E-state index contributed by atoms with van der Waals surface area (Å²) in [6, 6.07) is 12.3. The van der Waals surface area contributed by atoms with E-state index < -0.39 is 12.2 Å². The van der Waals surface area contributed by atoms with Crippen LogP contribution >= 0.6 is 23.2 Å². The van der Waals surface area contributed by atoms with Crippen molar-refractivity contribution in [2.24, 2.45) is 0 Å². The largest absolute Gasteiger partial charge is 0.480 e. The molecule has 2 aliphatic heterocycles. The maximum absolute atomic E-state index is 12.8. The number of carbonyl (C=O) groups is 2. The average molecular weight is 505 g/mol. The Morgan fingerprint density at radius 2 is 1.85 bits per heavy atom. The van der Waals surface area contributed by atoms with E-state index in [0.29, 0.717) is 40.9 Å². The van der Waals surface area contributed by atoms with Crippen LogP contribution < -0.4 is 10.1 Å². The summed E-state index contributed by atoms with van der Waals surface area (Å²) in [7, 11) is 0. The highest BCUT2D eigenvalue weighted by Crippen LogP contribution is 2.44. The van der Waals surface area contributed by atoms with Crippen LogP contribution in [0.5, 0.6) is 5.75 Å². The van der Waals surface area contributed by atoms with Gasteiger partial charge in [0.2, 0.25) is 0 Å². The third-order valence-electron chi connectivity index (χ3n) is 7.13. The molecule has 180 valence electrons. The lowest BCUT2D eigenvalue weighted by atomic mass is 9.73. The van der Waals surface area contributed by atoms with Crippen molar-refractivity contribution in [3.63, 3.8) is 0 Å². The van der Waals surface area contributed by atoms with Gasteiger partial charge in [0.25, 0.3) is 5.91 Å². The number of benzene rings is 2. The first-order valence-electron chi connectivity index (χ1n) is 11.5. The lowest BCUT2D eigenvalue weighted by Crippen LogP contribution is -2.56. The first-order valence-corrected chi connectivity index (χ1v) is 12.3. The quantitative estimate of drug-likeness (QED) is 0.589. The predicted molar refractivity (Wildman–Crippen MR) is 127 cm³/mol. The first-order chi connectivity index (χ1) is 16.3. The summed E-state index contributed by atoms with van der Waals surface area (Å²) >= 11 is 12.0. The summed E-state index contributed by atoms with van der Waals surface area (Å²) in [5, 5.41) is 14.5. The van der Waals surface area contributed by atoms with Crippen LogP contribution in [0.4, 0.5) is 4.79 Å². The highest BCUT2D eigenvalue weighted by atomic mass is 35.5. The third-order valence-corrected chi connectivity index (χ3v) is 7.62. The number of rotatable bonds is 6. The van der Waals surface area contributed by atoms with E-state index in [1.807, 2.05) is 17.0 Å². The Kier molecular flexibility index (Phi) is 6.35. The zero-order valence-electron chi connectivity index (χ0n) is 18.5. The average Bonchev–Trinajstić information content (AvgIpc) is 3.18. The molecule has 1 saturated heterocycles. The van der Waals surface area contributed by atoms with Crippen molar-refractivity contribution < 1.29 is 24.2 Å². The smallest absolute Gasteiger partial charge is 0.411 e. The van der Waals surface area contributed by atoms with Crippen LogP contribution in [0.1, 0.15) is 55.4 Å². The molecule has 1 unspecified atom stereocenters. The summed E-state index contributed by atoms with van der Waals surface area (Å²) in [6.45, 7) is 0.878. The Bertz CT molecular complexity index is 1090. The van der Waals surface area contributed by atoms with E-state index in [0.717, 1.165) is 24.8 Å². The van der Waals surface area contributed by atoms with Crippen LogP contribution in [-0.2, 0) is 9.53 Å². The molecule has 1 saturated carbocycles. The maximum atomic E-state index is 12.8. The van der Waals surface area contributed by atoms with Crippen molar-refractivity contribution in [1.82, 2.24) is 10.2 Å². The number of hydrogen-bond acceptors (Lipinski definition) is 5. The molecule has 2 aromatic carbocycles. The molecule has 2 fully saturated rings. The minimum absolute atomic E-state index is 0.158. The van der Waals surface area contributed by atoms with Gasteiger partial charge < -0.3 is 19.9 Å². The van der Waals surface area contributed by atoms with Crippen LogP contribution in [0.3, 0.4) is 0 Å². The molecular weight excluding hydrogens is 479 g/mol. The molecule has 7 nitrogen and oxygen atoms in total. The fraction of sp³-hybridized carbons (Fsp3) is 0.440. The van der Waals surface area contributed by atoms with Gasteiger partial charge in [0.05, 0.1) is 12.6 Å². The van der Waals surface area contributed by atoms with Crippen molar-refractivity contribution in [3.05, 3.63) is 63.6 Å². The number of nitrogens with one attached hydrogen (secondary N) is 1. The predicted octanol–water partition coefficient (Wildman–Crippen LogP) is 4.80. The third kappa shape index (κ3) is 4.44. The number of halogens is 2.